The van der Waals surface area contributed by atoms with E-state index in [2.05, 4.69) is 0 Å². The molecule has 0 aliphatic carbocycles. The van der Waals surface area contributed by atoms with Gasteiger partial charge in [-0.05, 0) is 85.5 Å². The quantitative estimate of drug-likeness (QED) is 0.149. The minimum absolute atomic E-state index is 0.177. The summed E-state index contributed by atoms with van der Waals surface area (Å²) in [6.07, 6.45) is 3.10. The molecule has 0 amide bonds. The second-order valence-electron chi connectivity index (χ2n) is 8.86. The van der Waals surface area contributed by atoms with Crippen molar-refractivity contribution in [2.24, 2.45) is 0 Å². The molecule has 0 aliphatic heterocycles. The van der Waals surface area contributed by atoms with Gasteiger partial charge in [0, 0.05) is 33.9 Å². The van der Waals surface area contributed by atoms with E-state index >= 15 is 0 Å². The van der Waals surface area contributed by atoms with Crippen molar-refractivity contribution in [1.29, 1.82) is 5.26 Å². The fourth-order valence-corrected chi connectivity index (χ4v) is 6.79. The summed E-state index contributed by atoms with van der Waals surface area (Å²) in [4.78, 5) is 13.5. The summed E-state index contributed by atoms with van der Waals surface area (Å²) in [6.45, 7) is 6.07. The van der Waals surface area contributed by atoms with Crippen molar-refractivity contribution in [1.82, 2.24) is 4.57 Å². The SMILES string of the molecule is CCOC(=O)c1c([PH](=O)c2cc(C)cc(/C=C/C#N)c2C)c2cc(Cl)ccc2n1Cc1ccc(OC)cc1. The van der Waals surface area contributed by atoms with Crippen LogP contribution in [-0.2, 0) is 15.8 Å². The summed E-state index contributed by atoms with van der Waals surface area (Å²) in [6, 6.07) is 18.8. The highest BCUT2D eigenvalue weighted by molar-refractivity contribution is 7.62. The van der Waals surface area contributed by atoms with Crippen LogP contribution in [-0.4, -0.2) is 24.3 Å². The molecule has 0 saturated carbocycles. The highest BCUT2D eigenvalue weighted by atomic mass is 35.5. The number of nitrogens with zero attached hydrogens (tertiary/aromatic N) is 2. The van der Waals surface area contributed by atoms with Crippen LogP contribution < -0.4 is 15.3 Å². The Balaban J connectivity index is 2.00. The zero-order chi connectivity index (χ0) is 27.4. The minimum Gasteiger partial charge on any atom is -0.497 e. The van der Waals surface area contributed by atoms with E-state index in [9.17, 15) is 9.36 Å². The van der Waals surface area contributed by atoms with Crippen molar-refractivity contribution >= 4 is 53.0 Å². The standard InChI is InChI=1S/C30H28ClN2O4P/c1-5-37-30(34)28-29(38(35)27-16-19(2)15-22(20(27)3)7-6-14-32)25-17-23(31)10-13-26(25)33(28)18-21-8-11-24(36-4)12-9-21/h6-13,15-17,38H,5,18H2,1-4H3/b7-6+. The number of fused-ring (bicyclic) bond motifs is 1. The van der Waals surface area contributed by atoms with Gasteiger partial charge in [0.25, 0.3) is 0 Å². The number of esters is 1. The highest BCUT2D eigenvalue weighted by Crippen LogP contribution is 2.34. The van der Waals surface area contributed by atoms with Gasteiger partial charge in [0.05, 0.1) is 25.1 Å². The van der Waals surface area contributed by atoms with Gasteiger partial charge in [-0.1, -0.05) is 29.8 Å². The lowest BCUT2D eigenvalue weighted by atomic mass is 10.1. The molecule has 1 aromatic heterocycles. The maximum absolute atomic E-state index is 14.5. The van der Waals surface area contributed by atoms with E-state index in [-0.39, 0.29) is 12.3 Å². The minimum atomic E-state index is -2.73. The average molecular weight is 547 g/mol. The number of allylic oxidation sites excluding steroid dienone is 1. The van der Waals surface area contributed by atoms with E-state index < -0.39 is 13.8 Å². The van der Waals surface area contributed by atoms with Gasteiger partial charge in [-0.3, -0.25) is 0 Å². The van der Waals surface area contributed by atoms with Gasteiger partial charge in [0.2, 0.25) is 0 Å². The third kappa shape index (κ3) is 5.41. The van der Waals surface area contributed by atoms with Crippen LogP contribution in [0.15, 0.2) is 60.7 Å². The van der Waals surface area contributed by atoms with Gasteiger partial charge in [-0.15, -0.1) is 0 Å². The first kappa shape index (κ1) is 27.3. The molecular weight excluding hydrogens is 519 g/mol. The van der Waals surface area contributed by atoms with Crippen LogP contribution in [0.2, 0.25) is 5.02 Å². The lowest BCUT2D eigenvalue weighted by Gasteiger charge is -2.14. The number of hydrogen-bond acceptors (Lipinski definition) is 5. The Kier molecular flexibility index (Phi) is 8.42. The van der Waals surface area contributed by atoms with E-state index in [4.69, 9.17) is 26.3 Å². The lowest BCUT2D eigenvalue weighted by molar-refractivity contribution is 0.0516. The van der Waals surface area contributed by atoms with E-state index in [0.29, 0.717) is 27.6 Å². The molecule has 0 fully saturated rings. The maximum Gasteiger partial charge on any atom is 0.355 e. The maximum atomic E-state index is 14.5. The summed E-state index contributed by atoms with van der Waals surface area (Å²) in [5.41, 5.74) is 4.41. The molecule has 1 unspecified atom stereocenters. The second-order valence-corrected chi connectivity index (χ2v) is 11.0. The molecule has 0 aliphatic rings. The number of carbonyl (C=O) groups is 1. The first-order valence-electron chi connectivity index (χ1n) is 12.1. The monoisotopic (exact) mass is 546 g/mol. The Labute approximate surface area is 227 Å². The van der Waals surface area contributed by atoms with Gasteiger partial charge in [0.1, 0.15) is 19.2 Å². The predicted molar refractivity (Wildman–Crippen MR) is 154 cm³/mol. The molecule has 4 aromatic rings. The molecule has 0 bridgehead atoms. The number of rotatable bonds is 8. The predicted octanol–water partition coefficient (Wildman–Crippen LogP) is 6.19. The third-order valence-electron chi connectivity index (χ3n) is 6.40. The molecule has 0 spiro atoms. The third-order valence-corrected chi connectivity index (χ3v) is 8.60. The van der Waals surface area contributed by atoms with Crippen LogP contribution in [0.4, 0.5) is 0 Å². The van der Waals surface area contributed by atoms with Crippen LogP contribution in [0.25, 0.3) is 17.0 Å². The summed E-state index contributed by atoms with van der Waals surface area (Å²) in [5.74, 6) is 0.182. The van der Waals surface area contributed by atoms with E-state index in [0.717, 1.165) is 33.5 Å². The van der Waals surface area contributed by atoms with Crippen molar-refractivity contribution in [2.45, 2.75) is 27.3 Å². The van der Waals surface area contributed by atoms with Crippen molar-refractivity contribution < 1.29 is 18.8 Å². The van der Waals surface area contributed by atoms with Crippen LogP contribution in [0.5, 0.6) is 5.75 Å². The van der Waals surface area contributed by atoms with Crippen LogP contribution in [0, 0.1) is 25.2 Å². The van der Waals surface area contributed by atoms with E-state index in [1.165, 1.54) is 6.08 Å². The van der Waals surface area contributed by atoms with E-state index in [1.54, 1.807) is 32.2 Å². The summed E-state index contributed by atoms with van der Waals surface area (Å²) < 4.78 is 27.1. The first-order valence-corrected chi connectivity index (χ1v) is 13.9. The molecular formula is C30H28ClN2O4P. The van der Waals surface area contributed by atoms with Crippen LogP contribution >= 0.6 is 19.4 Å². The molecule has 4 rings (SSSR count). The Bertz CT molecular complexity index is 1610. The molecule has 8 heteroatoms. The summed E-state index contributed by atoms with van der Waals surface area (Å²) >= 11 is 6.41. The van der Waals surface area contributed by atoms with E-state index in [1.807, 2.05) is 66.9 Å². The Hall–Kier alpha value is -3.78. The number of nitriles is 1. The summed E-state index contributed by atoms with van der Waals surface area (Å²) in [7, 11) is -1.12. The largest absolute Gasteiger partial charge is 0.497 e. The molecule has 1 heterocycles. The van der Waals surface area contributed by atoms with Crippen molar-refractivity contribution in [2.75, 3.05) is 13.7 Å². The van der Waals surface area contributed by atoms with Gasteiger partial charge in [-0.2, -0.15) is 5.26 Å². The fourth-order valence-electron chi connectivity index (χ4n) is 4.60. The zero-order valence-corrected chi connectivity index (χ0v) is 23.4. The Morgan fingerprint density at radius 2 is 1.87 bits per heavy atom. The normalized spacial score (nSPS) is 12.0. The zero-order valence-electron chi connectivity index (χ0n) is 21.7. The topological polar surface area (TPSA) is 81.3 Å². The number of halogens is 1. The smallest absolute Gasteiger partial charge is 0.355 e. The number of benzene rings is 3. The van der Waals surface area contributed by atoms with Crippen LogP contribution in [0.3, 0.4) is 0 Å². The molecule has 0 radical (unpaired) electrons. The van der Waals surface area contributed by atoms with Gasteiger partial charge in [0.15, 0.2) is 0 Å². The first-order chi connectivity index (χ1) is 18.3. The van der Waals surface area contributed by atoms with Gasteiger partial charge >= 0.3 is 5.97 Å². The summed E-state index contributed by atoms with van der Waals surface area (Å²) in [5, 5.41) is 11.2. The molecule has 0 N–H and O–H groups in total. The van der Waals surface area contributed by atoms with Crippen molar-refractivity contribution in [3.05, 3.63) is 93.6 Å². The molecule has 1 atom stereocenters. The number of methoxy groups -OCH3 is 1. The van der Waals surface area contributed by atoms with Crippen molar-refractivity contribution in [3.63, 3.8) is 0 Å². The second kappa shape index (κ2) is 11.7. The molecule has 6 nitrogen and oxygen atoms in total. The Morgan fingerprint density at radius 3 is 2.53 bits per heavy atom. The number of hydrogen-bond donors (Lipinski definition) is 0. The van der Waals surface area contributed by atoms with Crippen LogP contribution in [0.1, 0.15) is 39.7 Å². The van der Waals surface area contributed by atoms with Gasteiger partial charge < -0.3 is 18.6 Å². The number of carbonyl (C=O) groups excluding carboxylic acids is 1. The lowest BCUT2D eigenvalue weighted by Crippen LogP contribution is -2.22. The fraction of sp³-hybridized carbons (Fsp3) is 0.200. The van der Waals surface area contributed by atoms with Crippen molar-refractivity contribution in [3.8, 4) is 11.8 Å². The molecule has 0 saturated heterocycles. The molecule has 38 heavy (non-hydrogen) atoms. The average Bonchev–Trinajstić information content (AvgIpc) is 3.22. The number of ether oxygens (including phenoxy) is 2. The van der Waals surface area contributed by atoms with Gasteiger partial charge in [-0.25, -0.2) is 4.79 Å². The number of aryl methyl sites for hydroxylation is 1. The number of aromatic nitrogens is 1. The highest BCUT2D eigenvalue weighted by Gasteiger charge is 2.29. The molecule has 194 valence electrons. The Morgan fingerprint density at radius 1 is 1.13 bits per heavy atom. The molecule has 3 aromatic carbocycles.